The molecule has 2 aliphatic rings. The van der Waals surface area contributed by atoms with E-state index in [1.54, 1.807) is 18.2 Å². The molecule has 2 aromatic heterocycles. The Bertz CT molecular complexity index is 1400. The van der Waals surface area contributed by atoms with Gasteiger partial charge in [-0.05, 0) is 61.2 Å². The maximum atomic E-state index is 14.9. The molecule has 1 aliphatic carbocycles. The Morgan fingerprint density at radius 1 is 1.18 bits per heavy atom. The van der Waals surface area contributed by atoms with Crippen LogP contribution in [0.15, 0.2) is 42.6 Å². The second-order valence-electron chi connectivity index (χ2n) is 8.56. The molecule has 0 bridgehead atoms. The number of anilines is 1. The van der Waals surface area contributed by atoms with Crippen LogP contribution in [0.1, 0.15) is 40.5 Å². The van der Waals surface area contributed by atoms with Gasteiger partial charge in [-0.2, -0.15) is 0 Å². The molecular weight excluding hydrogens is 423 g/mol. The number of aromatic amines is 1. The molecule has 33 heavy (non-hydrogen) atoms. The predicted molar refractivity (Wildman–Crippen MR) is 120 cm³/mol. The number of nitrogens with one attached hydrogen (secondary N) is 2. The zero-order chi connectivity index (χ0) is 22.5. The molecule has 9 heteroatoms. The third-order valence-corrected chi connectivity index (χ3v) is 6.06. The van der Waals surface area contributed by atoms with Crippen molar-refractivity contribution in [1.29, 1.82) is 0 Å². The molecular formula is C24H21FN6O2. The summed E-state index contributed by atoms with van der Waals surface area (Å²) in [5, 5.41) is 3.01. The first kappa shape index (κ1) is 19.7. The number of fused-ring (bicyclic) bond motifs is 2. The molecule has 3 heterocycles. The van der Waals surface area contributed by atoms with E-state index in [9.17, 15) is 9.18 Å². The summed E-state index contributed by atoms with van der Waals surface area (Å²) in [6, 6.07) is 10.7. The van der Waals surface area contributed by atoms with Gasteiger partial charge in [0.15, 0.2) is 0 Å². The minimum Gasteiger partial charge on any atom is -0.493 e. The standard InChI is InChI=1S/C24H21FN6O2/c25-17-9-13(18-5-6-27-24(26)30-18)10-19-21(17)31-22(29-19)15-8-14-7-12(1-4-20(14)33-11-15)23(32)28-16-2-3-16/h1,4-7,9-10,15-16H,2-3,8,11H2,(H,28,32)(H,29,31)(H2,26,27,30). The SMILES string of the molecule is Nc1nccc(-c2cc(F)c3[nH]c(C4COc5ccc(C(=O)NC6CC6)cc5C4)nc3c2)n1. The van der Waals surface area contributed by atoms with E-state index in [2.05, 4.69) is 25.3 Å². The number of nitrogen functional groups attached to an aromatic ring is 1. The molecule has 0 saturated heterocycles. The number of H-pyrrole nitrogens is 1. The smallest absolute Gasteiger partial charge is 0.251 e. The zero-order valence-corrected chi connectivity index (χ0v) is 17.6. The highest BCUT2D eigenvalue weighted by molar-refractivity contribution is 5.95. The van der Waals surface area contributed by atoms with E-state index in [4.69, 9.17) is 10.5 Å². The van der Waals surface area contributed by atoms with Crippen LogP contribution in [0.3, 0.4) is 0 Å². The molecule has 1 atom stereocenters. The summed E-state index contributed by atoms with van der Waals surface area (Å²) in [6.45, 7) is 0.414. The largest absolute Gasteiger partial charge is 0.493 e. The van der Waals surface area contributed by atoms with Crippen LogP contribution in [-0.2, 0) is 6.42 Å². The molecule has 1 unspecified atom stereocenters. The number of benzene rings is 2. The Hall–Kier alpha value is -4.01. The van der Waals surface area contributed by atoms with Gasteiger partial charge in [-0.25, -0.2) is 19.3 Å². The number of nitrogens with zero attached hydrogens (tertiary/aromatic N) is 3. The lowest BCUT2D eigenvalue weighted by Gasteiger charge is -2.24. The number of halogens is 1. The van der Waals surface area contributed by atoms with Crippen molar-refractivity contribution in [3.8, 4) is 17.0 Å². The van der Waals surface area contributed by atoms with Crippen molar-refractivity contribution in [3.63, 3.8) is 0 Å². The van der Waals surface area contributed by atoms with Gasteiger partial charge >= 0.3 is 0 Å². The number of carbonyl (C=O) groups excluding carboxylic acids is 1. The summed E-state index contributed by atoms with van der Waals surface area (Å²) in [6.07, 6.45) is 4.25. The maximum absolute atomic E-state index is 14.9. The van der Waals surface area contributed by atoms with Crippen LogP contribution in [0, 0.1) is 5.82 Å². The molecule has 4 N–H and O–H groups in total. The second-order valence-corrected chi connectivity index (χ2v) is 8.56. The summed E-state index contributed by atoms with van der Waals surface area (Å²) >= 11 is 0. The van der Waals surface area contributed by atoms with Crippen molar-refractivity contribution < 1.29 is 13.9 Å². The Kier molecular flexibility index (Phi) is 4.49. The van der Waals surface area contributed by atoms with Crippen molar-refractivity contribution in [2.45, 2.75) is 31.2 Å². The fraction of sp³-hybridized carbons (Fsp3) is 0.250. The first-order valence-electron chi connectivity index (χ1n) is 10.9. The third kappa shape index (κ3) is 3.75. The summed E-state index contributed by atoms with van der Waals surface area (Å²) in [5.74, 6) is 0.950. The number of nitrogens with two attached hydrogens (primary N) is 1. The van der Waals surface area contributed by atoms with E-state index in [1.165, 1.54) is 12.3 Å². The van der Waals surface area contributed by atoms with E-state index in [-0.39, 0.29) is 17.8 Å². The second kappa shape index (κ2) is 7.54. The average Bonchev–Trinajstić information content (AvgIpc) is 3.52. The van der Waals surface area contributed by atoms with Crippen LogP contribution < -0.4 is 15.8 Å². The number of rotatable bonds is 4. The Labute approximate surface area is 188 Å². The molecule has 0 spiro atoms. The summed E-state index contributed by atoms with van der Waals surface area (Å²) in [7, 11) is 0. The van der Waals surface area contributed by atoms with E-state index >= 15 is 0 Å². The highest BCUT2D eigenvalue weighted by atomic mass is 19.1. The fourth-order valence-electron chi connectivity index (χ4n) is 4.17. The van der Waals surface area contributed by atoms with E-state index in [1.807, 2.05) is 12.1 Å². The number of hydrogen-bond donors (Lipinski definition) is 3. The first-order chi connectivity index (χ1) is 16.0. The number of amides is 1. The van der Waals surface area contributed by atoms with Gasteiger partial charge in [0.25, 0.3) is 5.91 Å². The van der Waals surface area contributed by atoms with Gasteiger partial charge in [-0.15, -0.1) is 0 Å². The van der Waals surface area contributed by atoms with Gasteiger partial charge in [0, 0.05) is 23.4 Å². The Morgan fingerprint density at radius 2 is 2.06 bits per heavy atom. The molecule has 1 aliphatic heterocycles. The number of imidazole rings is 1. The predicted octanol–water partition coefficient (Wildman–Crippen LogP) is 3.35. The minimum absolute atomic E-state index is 0.0638. The molecule has 166 valence electrons. The van der Waals surface area contributed by atoms with E-state index in [0.717, 1.165) is 24.2 Å². The normalized spacial score (nSPS) is 17.4. The van der Waals surface area contributed by atoms with E-state index < -0.39 is 5.82 Å². The lowest BCUT2D eigenvalue weighted by Crippen LogP contribution is -2.26. The van der Waals surface area contributed by atoms with Gasteiger partial charge < -0.3 is 20.8 Å². The van der Waals surface area contributed by atoms with Crippen LogP contribution in [0.5, 0.6) is 5.75 Å². The summed E-state index contributed by atoms with van der Waals surface area (Å²) in [5.41, 5.74) is 9.16. The van der Waals surface area contributed by atoms with Gasteiger partial charge in [-0.1, -0.05) is 0 Å². The molecule has 0 radical (unpaired) electrons. The number of carbonyl (C=O) groups is 1. The molecule has 6 rings (SSSR count). The van der Waals surface area contributed by atoms with Crippen LogP contribution in [-0.4, -0.2) is 38.5 Å². The number of hydrogen-bond acceptors (Lipinski definition) is 6. The van der Waals surface area contributed by atoms with Crippen LogP contribution >= 0.6 is 0 Å². The molecule has 8 nitrogen and oxygen atoms in total. The summed E-state index contributed by atoms with van der Waals surface area (Å²) < 4.78 is 20.8. The monoisotopic (exact) mass is 444 g/mol. The Morgan fingerprint density at radius 3 is 2.88 bits per heavy atom. The summed E-state index contributed by atoms with van der Waals surface area (Å²) in [4.78, 5) is 28.3. The van der Waals surface area contributed by atoms with Crippen molar-refractivity contribution in [2.24, 2.45) is 0 Å². The van der Waals surface area contributed by atoms with Gasteiger partial charge in [0.2, 0.25) is 5.95 Å². The highest BCUT2D eigenvalue weighted by Crippen LogP contribution is 2.34. The van der Waals surface area contributed by atoms with Crippen molar-refractivity contribution in [2.75, 3.05) is 12.3 Å². The van der Waals surface area contributed by atoms with Crippen LogP contribution in [0.25, 0.3) is 22.3 Å². The topological polar surface area (TPSA) is 119 Å². The molecule has 1 saturated carbocycles. The molecule has 4 aromatic rings. The van der Waals surface area contributed by atoms with Crippen molar-refractivity contribution in [1.82, 2.24) is 25.3 Å². The quantitative estimate of drug-likeness (QED) is 0.444. The van der Waals surface area contributed by atoms with Gasteiger partial charge in [0.1, 0.15) is 22.9 Å². The lowest BCUT2D eigenvalue weighted by molar-refractivity contribution is 0.0951. The van der Waals surface area contributed by atoms with E-state index in [0.29, 0.717) is 52.7 Å². The molecule has 2 aromatic carbocycles. The molecule has 1 fully saturated rings. The van der Waals surface area contributed by atoms with Gasteiger partial charge in [0.05, 0.1) is 23.7 Å². The molecule has 1 amide bonds. The number of ether oxygens (including phenoxy) is 1. The lowest BCUT2D eigenvalue weighted by atomic mass is 9.94. The Balaban J connectivity index is 1.29. The van der Waals surface area contributed by atoms with Crippen molar-refractivity contribution in [3.05, 3.63) is 65.4 Å². The number of aromatic nitrogens is 4. The minimum atomic E-state index is -0.422. The van der Waals surface area contributed by atoms with Crippen molar-refractivity contribution >= 4 is 22.9 Å². The average molecular weight is 444 g/mol. The third-order valence-electron chi connectivity index (χ3n) is 6.06. The van der Waals surface area contributed by atoms with Crippen LogP contribution in [0.4, 0.5) is 10.3 Å². The van der Waals surface area contributed by atoms with Gasteiger partial charge in [-0.3, -0.25) is 4.79 Å². The fourth-order valence-corrected chi connectivity index (χ4v) is 4.17. The van der Waals surface area contributed by atoms with Crippen LogP contribution in [0.2, 0.25) is 0 Å². The zero-order valence-electron chi connectivity index (χ0n) is 17.6. The highest BCUT2D eigenvalue weighted by Gasteiger charge is 2.27. The first-order valence-corrected chi connectivity index (χ1v) is 10.9. The maximum Gasteiger partial charge on any atom is 0.251 e.